The molecule has 0 spiro atoms. The molecule has 1 aliphatic heterocycles. The van der Waals surface area contributed by atoms with Gasteiger partial charge in [0.15, 0.2) is 0 Å². The van der Waals surface area contributed by atoms with E-state index in [0.29, 0.717) is 18.2 Å². The first-order valence-corrected chi connectivity index (χ1v) is 11.0. The zero-order valence-electron chi connectivity index (χ0n) is 17.9. The molecule has 1 fully saturated rings. The Morgan fingerprint density at radius 2 is 1.82 bits per heavy atom. The maximum absolute atomic E-state index is 12.6. The van der Waals surface area contributed by atoms with Crippen molar-refractivity contribution in [2.45, 2.75) is 6.04 Å². The van der Waals surface area contributed by atoms with Crippen molar-refractivity contribution in [2.24, 2.45) is 0 Å². The normalized spacial score (nSPS) is 14.9. The van der Waals surface area contributed by atoms with Crippen molar-refractivity contribution in [3.05, 3.63) is 76.8 Å². The molecule has 7 nitrogen and oxygen atoms in total. The molecule has 3 aromatic carbocycles. The van der Waals surface area contributed by atoms with Gasteiger partial charge in [0.2, 0.25) is 0 Å². The van der Waals surface area contributed by atoms with Gasteiger partial charge >= 0.3 is 11.8 Å². The number of carbonyl (C=O) groups excluding carboxylic acids is 2. The van der Waals surface area contributed by atoms with E-state index in [9.17, 15) is 14.9 Å². The lowest BCUT2D eigenvalue weighted by atomic mass is 9.97. The van der Waals surface area contributed by atoms with E-state index in [4.69, 9.17) is 16.3 Å². The third kappa shape index (κ3) is 5.32. The van der Waals surface area contributed by atoms with Gasteiger partial charge in [-0.05, 0) is 34.5 Å². The molecule has 1 unspecified atom stereocenters. The monoisotopic (exact) mass is 462 g/mol. The molecule has 0 aromatic heterocycles. The summed E-state index contributed by atoms with van der Waals surface area (Å²) in [5, 5.41) is 17.1. The number of rotatable bonds is 5. The van der Waals surface area contributed by atoms with E-state index in [1.54, 1.807) is 6.07 Å². The maximum Gasteiger partial charge on any atom is 0.313 e. The second-order valence-electron chi connectivity index (χ2n) is 7.70. The van der Waals surface area contributed by atoms with Gasteiger partial charge in [-0.1, -0.05) is 54.1 Å². The number of anilines is 1. The van der Waals surface area contributed by atoms with Crippen LogP contribution in [0.5, 0.6) is 0 Å². The maximum atomic E-state index is 12.6. The van der Waals surface area contributed by atoms with E-state index >= 15 is 0 Å². The van der Waals surface area contributed by atoms with Gasteiger partial charge in [-0.3, -0.25) is 14.5 Å². The van der Waals surface area contributed by atoms with Crippen molar-refractivity contribution in [3.8, 4) is 6.07 Å². The molecular weight excluding hydrogens is 440 g/mol. The van der Waals surface area contributed by atoms with Crippen molar-refractivity contribution in [3.63, 3.8) is 0 Å². The van der Waals surface area contributed by atoms with Crippen LogP contribution < -0.4 is 10.6 Å². The molecule has 0 radical (unpaired) electrons. The van der Waals surface area contributed by atoms with Gasteiger partial charge in [0, 0.05) is 24.7 Å². The fourth-order valence-corrected chi connectivity index (χ4v) is 4.20. The van der Waals surface area contributed by atoms with Crippen LogP contribution in [0.15, 0.2) is 60.7 Å². The molecule has 0 bridgehead atoms. The highest BCUT2D eigenvalue weighted by Gasteiger charge is 2.26. The topological polar surface area (TPSA) is 94.5 Å². The van der Waals surface area contributed by atoms with E-state index in [0.717, 1.165) is 29.4 Å². The Bertz CT molecular complexity index is 1210. The van der Waals surface area contributed by atoms with Gasteiger partial charge < -0.3 is 15.4 Å². The highest BCUT2D eigenvalue weighted by atomic mass is 35.5. The van der Waals surface area contributed by atoms with Gasteiger partial charge in [-0.15, -0.1) is 0 Å². The van der Waals surface area contributed by atoms with E-state index in [1.807, 2.05) is 24.3 Å². The Labute approximate surface area is 196 Å². The molecule has 1 aliphatic rings. The molecule has 168 valence electrons. The van der Waals surface area contributed by atoms with Crippen molar-refractivity contribution in [1.82, 2.24) is 10.2 Å². The Morgan fingerprint density at radius 3 is 2.61 bits per heavy atom. The van der Waals surface area contributed by atoms with Crippen LogP contribution in [0.2, 0.25) is 5.02 Å². The summed E-state index contributed by atoms with van der Waals surface area (Å²) in [5.41, 5.74) is 1.50. The minimum atomic E-state index is -0.854. The Hall–Kier alpha value is -3.44. The molecule has 33 heavy (non-hydrogen) atoms. The van der Waals surface area contributed by atoms with Crippen LogP contribution in [-0.4, -0.2) is 49.6 Å². The first-order valence-electron chi connectivity index (χ1n) is 10.6. The number of hydrogen-bond acceptors (Lipinski definition) is 5. The fraction of sp³-hybridized carbons (Fsp3) is 0.240. The van der Waals surface area contributed by atoms with Crippen molar-refractivity contribution >= 4 is 39.9 Å². The summed E-state index contributed by atoms with van der Waals surface area (Å²) in [4.78, 5) is 27.4. The molecule has 8 heteroatoms. The number of halogens is 1. The summed E-state index contributed by atoms with van der Waals surface area (Å²) in [6, 6.07) is 20.5. The minimum Gasteiger partial charge on any atom is -0.379 e. The summed E-state index contributed by atoms with van der Waals surface area (Å²) in [5.74, 6) is -1.63. The van der Waals surface area contributed by atoms with Gasteiger partial charge in [-0.25, -0.2) is 0 Å². The SMILES string of the molecule is N#Cc1ccc(Cl)cc1NC(=O)C(=O)NCC(c1cccc2ccccc12)N1CCOCC1. The van der Waals surface area contributed by atoms with E-state index in [-0.39, 0.29) is 23.8 Å². The van der Waals surface area contributed by atoms with Crippen molar-refractivity contribution in [2.75, 3.05) is 38.2 Å². The summed E-state index contributed by atoms with van der Waals surface area (Å²) in [6.45, 7) is 2.93. The molecule has 1 heterocycles. The summed E-state index contributed by atoms with van der Waals surface area (Å²) >= 11 is 5.96. The number of fused-ring (bicyclic) bond motifs is 1. The molecule has 1 saturated heterocycles. The smallest absolute Gasteiger partial charge is 0.313 e. The lowest BCUT2D eigenvalue weighted by Crippen LogP contribution is -2.45. The van der Waals surface area contributed by atoms with Gasteiger partial charge in [-0.2, -0.15) is 5.26 Å². The summed E-state index contributed by atoms with van der Waals surface area (Å²) in [6.07, 6.45) is 0. The van der Waals surface area contributed by atoms with Crippen molar-refractivity contribution in [1.29, 1.82) is 5.26 Å². The Kier molecular flexibility index (Phi) is 7.20. The zero-order chi connectivity index (χ0) is 23.2. The standard InChI is InChI=1S/C25H23ClN4O3/c26-19-9-8-18(15-27)22(14-19)29-25(32)24(31)28-16-23(30-10-12-33-13-11-30)21-7-3-5-17-4-1-2-6-20(17)21/h1-9,14,23H,10-13,16H2,(H,28,31)(H,29,32). The number of nitriles is 1. The Morgan fingerprint density at radius 1 is 1.06 bits per heavy atom. The van der Waals surface area contributed by atoms with Crippen LogP contribution in [0.1, 0.15) is 17.2 Å². The quantitative estimate of drug-likeness (QED) is 0.566. The number of benzene rings is 3. The largest absolute Gasteiger partial charge is 0.379 e. The average molecular weight is 463 g/mol. The summed E-state index contributed by atoms with van der Waals surface area (Å²) in [7, 11) is 0. The van der Waals surface area contributed by atoms with Gasteiger partial charge in [0.1, 0.15) is 6.07 Å². The number of ether oxygens (including phenoxy) is 1. The highest BCUT2D eigenvalue weighted by Crippen LogP contribution is 2.29. The number of hydrogen-bond donors (Lipinski definition) is 2. The predicted octanol–water partition coefficient (Wildman–Crippen LogP) is 3.49. The van der Waals surface area contributed by atoms with Crippen molar-refractivity contribution < 1.29 is 14.3 Å². The van der Waals surface area contributed by atoms with Crippen LogP contribution >= 0.6 is 11.6 Å². The first-order chi connectivity index (χ1) is 16.1. The second kappa shape index (κ2) is 10.5. The number of amides is 2. The van der Waals surface area contributed by atoms with Crippen LogP contribution in [0.3, 0.4) is 0 Å². The molecule has 2 amide bonds. The molecule has 4 rings (SSSR count). The fourth-order valence-electron chi connectivity index (χ4n) is 4.03. The van der Waals surface area contributed by atoms with E-state index in [1.165, 1.54) is 12.1 Å². The predicted molar refractivity (Wildman–Crippen MR) is 127 cm³/mol. The minimum absolute atomic E-state index is 0.127. The van der Waals surface area contributed by atoms with E-state index < -0.39 is 11.8 Å². The van der Waals surface area contributed by atoms with Crippen LogP contribution in [0, 0.1) is 11.3 Å². The highest BCUT2D eigenvalue weighted by molar-refractivity contribution is 6.40. The molecule has 1 atom stereocenters. The first kappa shape index (κ1) is 22.7. The molecule has 0 saturated carbocycles. The molecule has 2 N–H and O–H groups in total. The van der Waals surface area contributed by atoms with Gasteiger partial charge in [0.25, 0.3) is 0 Å². The third-order valence-electron chi connectivity index (χ3n) is 5.68. The van der Waals surface area contributed by atoms with E-state index in [2.05, 4.69) is 39.8 Å². The second-order valence-corrected chi connectivity index (χ2v) is 8.13. The van der Waals surface area contributed by atoms with Crippen LogP contribution in [0.25, 0.3) is 10.8 Å². The lowest BCUT2D eigenvalue weighted by molar-refractivity contribution is -0.136. The van der Waals surface area contributed by atoms with Gasteiger partial charge in [0.05, 0.1) is 30.5 Å². The summed E-state index contributed by atoms with van der Waals surface area (Å²) < 4.78 is 5.50. The molecule has 3 aromatic rings. The average Bonchev–Trinajstić information content (AvgIpc) is 2.85. The number of carbonyl (C=O) groups is 2. The molecule has 0 aliphatic carbocycles. The zero-order valence-corrected chi connectivity index (χ0v) is 18.6. The number of morpholine rings is 1. The van der Waals surface area contributed by atoms with Crippen LogP contribution in [-0.2, 0) is 14.3 Å². The van der Waals surface area contributed by atoms with Crippen LogP contribution in [0.4, 0.5) is 5.69 Å². The molecular formula is C25H23ClN4O3. The lowest BCUT2D eigenvalue weighted by Gasteiger charge is -2.35. The number of nitrogens with one attached hydrogen (secondary N) is 2. The Balaban J connectivity index is 1.52. The number of nitrogens with zero attached hydrogens (tertiary/aromatic N) is 2. The third-order valence-corrected chi connectivity index (χ3v) is 5.92.